The Kier molecular flexibility index (Phi) is 6.77. The van der Waals surface area contributed by atoms with Crippen molar-refractivity contribution in [2.24, 2.45) is 5.92 Å². The summed E-state index contributed by atoms with van der Waals surface area (Å²) < 4.78 is 0. The Labute approximate surface area is 95.1 Å². The molecule has 0 aliphatic carbocycles. The van der Waals surface area contributed by atoms with E-state index in [0.717, 1.165) is 12.0 Å². The van der Waals surface area contributed by atoms with Crippen LogP contribution in [0.5, 0.6) is 0 Å². The van der Waals surface area contributed by atoms with Crippen LogP contribution in [0.25, 0.3) is 0 Å². The molecular weight excluding hydrogens is 180 g/mol. The minimum Gasteiger partial charge on any atom is -0.100 e. The average molecular weight is 204 g/mol. The van der Waals surface area contributed by atoms with Crippen molar-refractivity contribution in [3.8, 4) is 0 Å². The molecule has 0 aromatic rings. The molecule has 0 spiro atoms. The van der Waals surface area contributed by atoms with Crippen molar-refractivity contribution in [2.45, 2.75) is 40.0 Å². The van der Waals surface area contributed by atoms with E-state index in [4.69, 9.17) is 0 Å². The molecule has 0 rings (SSSR count). The number of rotatable bonds is 7. The van der Waals surface area contributed by atoms with Crippen LogP contribution in [0.3, 0.4) is 0 Å². The lowest BCUT2D eigenvalue weighted by Crippen LogP contribution is -1.98. The smallest absolute Gasteiger partial charge is 0.0190 e. The Morgan fingerprint density at radius 3 is 2.27 bits per heavy atom. The second kappa shape index (κ2) is 7.28. The summed E-state index contributed by atoms with van der Waals surface area (Å²) in [4.78, 5) is 0. The van der Waals surface area contributed by atoms with Crippen LogP contribution in [0.1, 0.15) is 40.0 Å². The highest BCUT2D eigenvalue weighted by molar-refractivity contribution is 5.27. The van der Waals surface area contributed by atoms with Crippen molar-refractivity contribution >= 4 is 0 Å². The third-order valence-corrected chi connectivity index (χ3v) is 2.46. The fourth-order valence-corrected chi connectivity index (χ4v) is 1.56. The van der Waals surface area contributed by atoms with Crippen molar-refractivity contribution in [2.75, 3.05) is 0 Å². The molecule has 0 saturated carbocycles. The van der Waals surface area contributed by atoms with E-state index in [1.54, 1.807) is 0 Å². The monoisotopic (exact) mass is 204 g/mol. The Morgan fingerprint density at radius 2 is 1.87 bits per heavy atom. The minimum absolute atomic E-state index is 0.568. The molecule has 0 radical (unpaired) electrons. The van der Waals surface area contributed by atoms with E-state index < -0.39 is 0 Å². The lowest BCUT2D eigenvalue weighted by Gasteiger charge is -2.12. The van der Waals surface area contributed by atoms with Gasteiger partial charge in [0.05, 0.1) is 0 Å². The van der Waals surface area contributed by atoms with Gasteiger partial charge in [0.1, 0.15) is 0 Å². The SMILES string of the molecule is C=C/C(=C\C(=C)C)C(C)CCCC(=C)C. The van der Waals surface area contributed by atoms with E-state index in [2.05, 4.69) is 39.7 Å². The molecule has 0 N–H and O–H groups in total. The topological polar surface area (TPSA) is 0 Å². The molecular formula is C15H24. The van der Waals surface area contributed by atoms with Gasteiger partial charge in [-0.1, -0.05) is 43.4 Å². The summed E-state index contributed by atoms with van der Waals surface area (Å²) in [6.07, 6.45) is 7.59. The van der Waals surface area contributed by atoms with E-state index in [-0.39, 0.29) is 0 Å². The fourth-order valence-electron chi connectivity index (χ4n) is 1.56. The molecule has 0 heterocycles. The van der Waals surface area contributed by atoms with E-state index in [0.29, 0.717) is 5.92 Å². The van der Waals surface area contributed by atoms with Crippen LogP contribution in [-0.4, -0.2) is 0 Å². The Bertz CT molecular complexity index is 266. The van der Waals surface area contributed by atoms with Crippen molar-refractivity contribution in [3.05, 3.63) is 48.6 Å². The van der Waals surface area contributed by atoms with Crippen molar-refractivity contribution < 1.29 is 0 Å². The third-order valence-electron chi connectivity index (χ3n) is 2.46. The highest BCUT2D eigenvalue weighted by atomic mass is 14.1. The Morgan fingerprint density at radius 1 is 1.27 bits per heavy atom. The summed E-state index contributed by atoms with van der Waals surface area (Å²) in [6, 6.07) is 0. The first-order valence-electron chi connectivity index (χ1n) is 5.61. The highest BCUT2D eigenvalue weighted by Gasteiger charge is 2.05. The van der Waals surface area contributed by atoms with Crippen molar-refractivity contribution in [1.82, 2.24) is 0 Å². The summed E-state index contributed by atoms with van der Waals surface area (Å²) in [5, 5.41) is 0. The maximum Gasteiger partial charge on any atom is -0.0190 e. The lowest BCUT2D eigenvalue weighted by molar-refractivity contribution is 0.587. The van der Waals surface area contributed by atoms with E-state index in [1.807, 2.05) is 13.0 Å². The van der Waals surface area contributed by atoms with Gasteiger partial charge in [0.15, 0.2) is 0 Å². The van der Waals surface area contributed by atoms with Gasteiger partial charge in [-0.2, -0.15) is 0 Å². The minimum atomic E-state index is 0.568. The van der Waals surface area contributed by atoms with Gasteiger partial charge < -0.3 is 0 Å². The summed E-state index contributed by atoms with van der Waals surface area (Å²) in [5.41, 5.74) is 3.66. The molecule has 0 aromatic carbocycles. The molecule has 0 nitrogen and oxygen atoms in total. The standard InChI is InChI=1S/C15H24/c1-7-15(11-13(4)5)14(6)10-8-9-12(2)3/h7,11,14H,1-2,4,8-10H2,3,5-6H3/b15-11+. The van der Waals surface area contributed by atoms with Crippen LogP contribution >= 0.6 is 0 Å². The van der Waals surface area contributed by atoms with E-state index >= 15 is 0 Å². The first-order chi connectivity index (χ1) is 6.97. The molecule has 0 aromatic heterocycles. The van der Waals surface area contributed by atoms with Gasteiger partial charge in [-0.15, -0.1) is 6.58 Å². The predicted octanol–water partition coefficient (Wildman–Crippen LogP) is 5.06. The Hall–Kier alpha value is -1.04. The van der Waals surface area contributed by atoms with E-state index in [9.17, 15) is 0 Å². The fraction of sp³-hybridized carbons (Fsp3) is 0.467. The molecule has 0 saturated heterocycles. The van der Waals surface area contributed by atoms with Crippen LogP contribution in [-0.2, 0) is 0 Å². The number of hydrogen-bond donors (Lipinski definition) is 0. The molecule has 0 bridgehead atoms. The molecule has 15 heavy (non-hydrogen) atoms. The summed E-state index contributed by atoms with van der Waals surface area (Å²) >= 11 is 0. The van der Waals surface area contributed by atoms with Crippen LogP contribution in [0.4, 0.5) is 0 Å². The van der Waals surface area contributed by atoms with Crippen molar-refractivity contribution in [3.63, 3.8) is 0 Å². The van der Waals surface area contributed by atoms with Crippen LogP contribution < -0.4 is 0 Å². The summed E-state index contributed by atoms with van der Waals surface area (Å²) in [7, 11) is 0. The molecule has 84 valence electrons. The summed E-state index contributed by atoms with van der Waals surface area (Å²) in [6.45, 7) is 18.0. The molecule has 0 heteroatoms. The van der Waals surface area contributed by atoms with Gasteiger partial charge in [-0.3, -0.25) is 0 Å². The lowest BCUT2D eigenvalue weighted by atomic mass is 9.93. The first-order valence-corrected chi connectivity index (χ1v) is 5.61. The zero-order valence-corrected chi connectivity index (χ0v) is 10.5. The quantitative estimate of drug-likeness (QED) is 0.402. The Balaban J connectivity index is 4.16. The second-order valence-corrected chi connectivity index (χ2v) is 4.45. The van der Waals surface area contributed by atoms with Crippen LogP contribution in [0.15, 0.2) is 48.6 Å². The van der Waals surface area contributed by atoms with Crippen LogP contribution in [0.2, 0.25) is 0 Å². The average Bonchev–Trinajstić information content (AvgIpc) is 2.13. The molecule has 1 atom stereocenters. The number of allylic oxidation sites excluding steroid dienone is 5. The maximum absolute atomic E-state index is 3.92. The first kappa shape index (κ1) is 14.0. The largest absolute Gasteiger partial charge is 0.100 e. The molecule has 0 aliphatic rings. The highest BCUT2D eigenvalue weighted by Crippen LogP contribution is 2.20. The van der Waals surface area contributed by atoms with E-state index in [1.165, 1.54) is 24.0 Å². The zero-order valence-electron chi connectivity index (χ0n) is 10.5. The van der Waals surface area contributed by atoms with Gasteiger partial charge >= 0.3 is 0 Å². The van der Waals surface area contributed by atoms with Crippen LogP contribution in [0, 0.1) is 5.92 Å². The molecule has 0 aliphatic heterocycles. The maximum atomic E-state index is 3.92. The normalized spacial score (nSPS) is 13.4. The van der Waals surface area contributed by atoms with Gasteiger partial charge in [0.25, 0.3) is 0 Å². The van der Waals surface area contributed by atoms with Crippen molar-refractivity contribution in [1.29, 1.82) is 0 Å². The summed E-state index contributed by atoms with van der Waals surface area (Å²) in [5.74, 6) is 0.568. The molecule has 0 fully saturated rings. The molecule has 0 amide bonds. The van der Waals surface area contributed by atoms with Gasteiger partial charge in [0.2, 0.25) is 0 Å². The van der Waals surface area contributed by atoms with Gasteiger partial charge in [0, 0.05) is 0 Å². The van der Waals surface area contributed by atoms with Gasteiger partial charge in [-0.05, 0) is 44.6 Å². The third kappa shape index (κ3) is 6.96. The second-order valence-electron chi connectivity index (χ2n) is 4.45. The number of hydrogen-bond acceptors (Lipinski definition) is 0. The molecule has 1 unspecified atom stereocenters. The predicted molar refractivity (Wildman–Crippen MR) is 70.9 cm³/mol. The van der Waals surface area contributed by atoms with Gasteiger partial charge in [-0.25, -0.2) is 0 Å². The zero-order chi connectivity index (χ0) is 11.8.